The van der Waals surface area contributed by atoms with Crippen LogP contribution in [-0.4, -0.2) is 28.8 Å². The summed E-state index contributed by atoms with van der Waals surface area (Å²) in [5.41, 5.74) is 1.96. The maximum Gasteiger partial charge on any atom is 0.175 e. The zero-order valence-electron chi connectivity index (χ0n) is 9.96. The summed E-state index contributed by atoms with van der Waals surface area (Å²) in [7, 11) is 0. The largest absolute Gasteiger partial charge is 0.358 e. The van der Waals surface area contributed by atoms with Gasteiger partial charge in [0, 0.05) is 19.7 Å². The minimum absolute atomic E-state index is 0.113. The molecule has 0 bridgehead atoms. The van der Waals surface area contributed by atoms with Gasteiger partial charge in [0.25, 0.3) is 0 Å². The van der Waals surface area contributed by atoms with Crippen molar-refractivity contribution in [3.8, 4) is 0 Å². The van der Waals surface area contributed by atoms with Crippen LogP contribution < -0.4 is 0 Å². The number of rotatable bonds is 3. The number of hydrogen-bond acceptors (Lipinski definition) is 2. The zero-order chi connectivity index (χ0) is 11.4. The zero-order valence-corrected chi connectivity index (χ0v) is 9.96. The molecule has 0 spiro atoms. The van der Waals surface area contributed by atoms with E-state index in [4.69, 9.17) is 0 Å². The minimum atomic E-state index is 0.113. The van der Waals surface area contributed by atoms with E-state index in [1.807, 2.05) is 12.3 Å². The van der Waals surface area contributed by atoms with Gasteiger partial charge in [-0.1, -0.05) is 12.8 Å². The molecule has 0 aromatic carbocycles. The second kappa shape index (κ2) is 5.30. The lowest BCUT2D eigenvalue weighted by molar-refractivity contribution is 0.101. The highest BCUT2D eigenvalue weighted by Crippen LogP contribution is 2.14. The number of aromatic amines is 1. The quantitative estimate of drug-likeness (QED) is 0.795. The number of nitrogens with zero attached hydrogens (tertiary/aromatic N) is 1. The third-order valence-corrected chi connectivity index (χ3v) is 3.23. The van der Waals surface area contributed by atoms with E-state index in [0.29, 0.717) is 0 Å². The minimum Gasteiger partial charge on any atom is -0.358 e. The Morgan fingerprint density at radius 2 is 2.00 bits per heavy atom. The van der Waals surface area contributed by atoms with E-state index in [1.54, 1.807) is 6.92 Å². The van der Waals surface area contributed by atoms with Crippen LogP contribution in [0, 0.1) is 0 Å². The molecule has 88 valence electrons. The Labute approximate surface area is 96.8 Å². The number of aromatic nitrogens is 1. The molecule has 0 atom stereocenters. The molecule has 0 aliphatic carbocycles. The van der Waals surface area contributed by atoms with Gasteiger partial charge in [-0.05, 0) is 37.6 Å². The van der Waals surface area contributed by atoms with Crippen molar-refractivity contribution in [1.82, 2.24) is 9.88 Å². The monoisotopic (exact) mass is 220 g/mol. The lowest BCUT2D eigenvalue weighted by atomic mass is 10.2. The Morgan fingerprint density at radius 3 is 2.56 bits per heavy atom. The number of hydrogen-bond donors (Lipinski definition) is 1. The normalized spacial score (nSPS) is 18.3. The second-order valence-corrected chi connectivity index (χ2v) is 4.67. The summed E-state index contributed by atoms with van der Waals surface area (Å²) in [6, 6.07) is 1.98. The smallest absolute Gasteiger partial charge is 0.175 e. The molecular weight excluding hydrogens is 200 g/mol. The molecule has 1 aliphatic heterocycles. The maximum atomic E-state index is 11.2. The third-order valence-electron chi connectivity index (χ3n) is 3.23. The Morgan fingerprint density at radius 1 is 1.31 bits per heavy atom. The second-order valence-electron chi connectivity index (χ2n) is 4.67. The van der Waals surface area contributed by atoms with E-state index in [9.17, 15) is 4.79 Å². The Hall–Kier alpha value is -1.09. The molecule has 1 aliphatic rings. The van der Waals surface area contributed by atoms with Crippen LogP contribution in [0.15, 0.2) is 12.3 Å². The molecule has 3 heteroatoms. The molecule has 3 nitrogen and oxygen atoms in total. The van der Waals surface area contributed by atoms with Gasteiger partial charge in [-0.3, -0.25) is 9.69 Å². The molecule has 1 fully saturated rings. The molecule has 1 aromatic rings. The summed E-state index contributed by atoms with van der Waals surface area (Å²) in [4.78, 5) is 16.7. The predicted molar refractivity (Wildman–Crippen MR) is 64.5 cm³/mol. The fourth-order valence-corrected chi connectivity index (χ4v) is 2.29. The average molecular weight is 220 g/mol. The first-order valence-electron chi connectivity index (χ1n) is 6.16. The third kappa shape index (κ3) is 2.95. The summed E-state index contributed by atoms with van der Waals surface area (Å²) in [5, 5.41) is 0. The average Bonchev–Trinajstić information content (AvgIpc) is 2.56. The molecule has 0 unspecified atom stereocenters. The molecule has 0 saturated carbocycles. The van der Waals surface area contributed by atoms with E-state index in [1.165, 1.54) is 44.3 Å². The first-order valence-corrected chi connectivity index (χ1v) is 6.16. The molecule has 0 amide bonds. The van der Waals surface area contributed by atoms with Crippen LogP contribution in [0.4, 0.5) is 0 Å². The molecule has 16 heavy (non-hydrogen) atoms. The van der Waals surface area contributed by atoms with Crippen molar-refractivity contribution in [3.63, 3.8) is 0 Å². The topological polar surface area (TPSA) is 36.1 Å². The van der Waals surface area contributed by atoms with Gasteiger partial charge in [0.05, 0.1) is 5.69 Å². The van der Waals surface area contributed by atoms with Gasteiger partial charge in [0.2, 0.25) is 0 Å². The number of ketones is 1. The molecule has 1 saturated heterocycles. The summed E-state index contributed by atoms with van der Waals surface area (Å²) in [6.07, 6.45) is 7.31. The molecular formula is C13H20N2O. The molecule has 1 N–H and O–H groups in total. The highest BCUT2D eigenvalue weighted by molar-refractivity contribution is 5.92. The standard InChI is InChI=1S/C13H20N2O/c1-11(16)13-8-12(9-14-13)10-15-6-4-2-3-5-7-15/h8-9,14H,2-7,10H2,1H3. The lowest BCUT2D eigenvalue weighted by Crippen LogP contribution is -2.23. The van der Waals surface area contributed by atoms with Gasteiger partial charge in [0.15, 0.2) is 5.78 Å². The van der Waals surface area contributed by atoms with Gasteiger partial charge < -0.3 is 4.98 Å². The Kier molecular flexibility index (Phi) is 3.78. The van der Waals surface area contributed by atoms with Crippen LogP contribution in [0.2, 0.25) is 0 Å². The number of Topliss-reactive ketones (excluding diaryl/α,β-unsaturated/α-hetero) is 1. The van der Waals surface area contributed by atoms with Gasteiger partial charge in [-0.25, -0.2) is 0 Å². The highest BCUT2D eigenvalue weighted by Gasteiger charge is 2.11. The predicted octanol–water partition coefficient (Wildman–Crippen LogP) is 2.59. The summed E-state index contributed by atoms with van der Waals surface area (Å²) in [6.45, 7) is 4.96. The summed E-state index contributed by atoms with van der Waals surface area (Å²) in [5.74, 6) is 0.113. The van der Waals surface area contributed by atoms with Crippen LogP contribution in [0.1, 0.15) is 48.7 Å². The summed E-state index contributed by atoms with van der Waals surface area (Å²) >= 11 is 0. The molecule has 2 heterocycles. The number of H-pyrrole nitrogens is 1. The van der Waals surface area contributed by atoms with E-state index >= 15 is 0 Å². The van der Waals surface area contributed by atoms with E-state index < -0.39 is 0 Å². The molecule has 1 aromatic heterocycles. The van der Waals surface area contributed by atoms with Crippen LogP contribution in [0.3, 0.4) is 0 Å². The molecule has 2 rings (SSSR count). The van der Waals surface area contributed by atoms with Crippen molar-refractivity contribution in [1.29, 1.82) is 0 Å². The van der Waals surface area contributed by atoms with Gasteiger partial charge in [0.1, 0.15) is 0 Å². The van der Waals surface area contributed by atoms with Crippen LogP contribution in [-0.2, 0) is 6.54 Å². The van der Waals surface area contributed by atoms with Gasteiger partial charge in [-0.2, -0.15) is 0 Å². The van der Waals surface area contributed by atoms with Gasteiger partial charge >= 0.3 is 0 Å². The van der Waals surface area contributed by atoms with Crippen LogP contribution in [0.5, 0.6) is 0 Å². The van der Waals surface area contributed by atoms with E-state index in [-0.39, 0.29) is 5.78 Å². The van der Waals surface area contributed by atoms with Crippen molar-refractivity contribution >= 4 is 5.78 Å². The fraction of sp³-hybridized carbons (Fsp3) is 0.615. The number of carbonyl (C=O) groups is 1. The SMILES string of the molecule is CC(=O)c1cc(CN2CCCCCC2)c[nH]1. The highest BCUT2D eigenvalue weighted by atomic mass is 16.1. The number of carbonyl (C=O) groups excluding carboxylic acids is 1. The molecule has 0 radical (unpaired) electrons. The van der Waals surface area contributed by atoms with Crippen molar-refractivity contribution in [3.05, 3.63) is 23.5 Å². The van der Waals surface area contributed by atoms with E-state index in [2.05, 4.69) is 9.88 Å². The number of nitrogens with one attached hydrogen (secondary N) is 1. The maximum absolute atomic E-state index is 11.2. The van der Waals surface area contributed by atoms with Gasteiger partial charge in [-0.15, -0.1) is 0 Å². The number of likely N-dealkylation sites (tertiary alicyclic amines) is 1. The Balaban J connectivity index is 1.94. The fourth-order valence-electron chi connectivity index (χ4n) is 2.29. The first-order chi connectivity index (χ1) is 7.75. The Bertz CT molecular complexity index is 349. The van der Waals surface area contributed by atoms with E-state index in [0.717, 1.165) is 12.2 Å². The van der Waals surface area contributed by atoms with Crippen molar-refractivity contribution in [2.45, 2.75) is 39.2 Å². The van der Waals surface area contributed by atoms with Crippen molar-refractivity contribution < 1.29 is 4.79 Å². The van der Waals surface area contributed by atoms with Crippen molar-refractivity contribution in [2.75, 3.05) is 13.1 Å². The first kappa shape index (κ1) is 11.4. The van der Waals surface area contributed by atoms with Crippen LogP contribution >= 0.6 is 0 Å². The lowest BCUT2D eigenvalue weighted by Gasteiger charge is -2.18. The summed E-state index contributed by atoms with van der Waals surface area (Å²) < 4.78 is 0. The van der Waals surface area contributed by atoms with Crippen molar-refractivity contribution in [2.24, 2.45) is 0 Å². The van der Waals surface area contributed by atoms with Crippen LogP contribution in [0.25, 0.3) is 0 Å².